The van der Waals surface area contributed by atoms with E-state index in [-0.39, 0.29) is 11.9 Å². The molecule has 0 saturated carbocycles. The first-order valence-electron chi connectivity index (χ1n) is 7.67. The summed E-state index contributed by atoms with van der Waals surface area (Å²) >= 11 is 0. The molecule has 0 aromatic carbocycles. The number of H-pyrrole nitrogens is 1. The molecule has 0 unspecified atom stereocenters. The highest BCUT2D eigenvalue weighted by atomic mass is 16.2. The van der Waals surface area contributed by atoms with Crippen molar-refractivity contribution in [2.24, 2.45) is 0 Å². The third kappa shape index (κ3) is 2.32. The van der Waals surface area contributed by atoms with E-state index in [0.717, 1.165) is 34.5 Å². The second-order valence-electron chi connectivity index (χ2n) is 5.79. The number of hydrogen-bond acceptors (Lipinski definition) is 6. The Labute approximate surface area is 138 Å². The van der Waals surface area contributed by atoms with Crippen molar-refractivity contribution in [2.45, 2.75) is 0 Å². The number of anilines is 2. The number of aromatic nitrogens is 4. The van der Waals surface area contributed by atoms with Gasteiger partial charge in [0.25, 0.3) is 0 Å². The molecule has 1 fully saturated rings. The van der Waals surface area contributed by atoms with Crippen molar-refractivity contribution in [3.8, 4) is 11.3 Å². The summed E-state index contributed by atoms with van der Waals surface area (Å²) in [4.78, 5) is 31.7. The minimum Gasteiger partial charge on any atom is -0.368 e. The van der Waals surface area contributed by atoms with E-state index < -0.39 is 0 Å². The number of amides is 1. The molecule has 24 heavy (non-hydrogen) atoms. The lowest BCUT2D eigenvalue weighted by molar-refractivity contribution is -0.129. The summed E-state index contributed by atoms with van der Waals surface area (Å²) in [6, 6.07) is 3.74. The maximum absolute atomic E-state index is 12.1. The van der Waals surface area contributed by atoms with Gasteiger partial charge in [0.15, 0.2) is 0 Å². The van der Waals surface area contributed by atoms with Gasteiger partial charge in [-0.1, -0.05) is 0 Å². The van der Waals surface area contributed by atoms with Crippen LogP contribution >= 0.6 is 0 Å². The number of nitrogen functional groups attached to an aromatic ring is 1. The Morgan fingerprint density at radius 2 is 2.04 bits per heavy atom. The summed E-state index contributed by atoms with van der Waals surface area (Å²) in [7, 11) is 1.83. The lowest BCUT2D eigenvalue weighted by Crippen LogP contribution is -2.48. The Morgan fingerprint density at radius 3 is 2.83 bits per heavy atom. The molecule has 8 heteroatoms. The predicted octanol–water partition coefficient (Wildman–Crippen LogP) is 0.881. The van der Waals surface area contributed by atoms with Crippen molar-refractivity contribution in [3.05, 3.63) is 30.7 Å². The molecule has 1 saturated heterocycles. The van der Waals surface area contributed by atoms with E-state index in [2.05, 4.69) is 24.8 Å². The number of likely N-dealkylation sites (N-methyl/N-ethyl adjacent to an activating group) is 1. The van der Waals surface area contributed by atoms with Crippen LogP contribution in [0.15, 0.2) is 30.7 Å². The maximum atomic E-state index is 12.1. The van der Waals surface area contributed by atoms with Crippen LogP contribution in [0.2, 0.25) is 0 Å². The number of rotatable bonds is 2. The zero-order valence-corrected chi connectivity index (χ0v) is 13.2. The molecule has 1 aliphatic rings. The van der Waals surface area contributed by atoms with E-state index in [1.54, 1.807) is 17.3 Å². The zero-order chi connectivity index (χ0) is 16.7. The third-order valence-electron chi connectivity index (χ3n) is 4.30. The highest BCUT2D eigenvalue weighted by molar-refractivity contribution is 6.03. The number of carbonyl (C=O) groups excluding carboxylic acids is 1. The highest BCUT2D eigenvalue weighted by Crippen LogP contribution is 2.34. The number of fused-ring (bicyclic) bond motifs is 1. The first-order valence-corrected chi connectivity index (χ1v) is 7.67. The highest BCUT2D eigenvalue weighted by Gasteiger charge is 2.24. The van der Waals surface area contributed by atoms with Crippen LogP contribution < -0.4 is 10.6 Å². The zero-order valence-electron chi connectivity index (χ0n) is 13.2. The van der Waals surface area contributed by atoms with Crippen LogP contribution in [0.25, 0.3) is 22.3 Å². The van der Waals surface area contributed by atoms with Gasteiger partial charge in [-0.2, -0.15) is 0 Å². The van der Waals surface area contributed by atoms with Gasteiger partial charge in [0.2, 0.25) is 11.9 Å². The molecule has 0 atom stereocenters. The normalized spacial score (nSPS) is 15.3. The van der Waals surface area contributed by atoms with Crippen molar-refractivity contribution in [1.29, 1.82) is 0 Å². The molecule has 3 aromatic heterocycles. The first-order chi connectivity index (χ1) is 11.6. The Morgan fingerprint density at radius 1 is 1.21 bits per heavy atom. The van der Waals surface area contributed by atoms with E-state index in [9.17, 15) is 4.79 Å². The molecule has 122 valence electrons. The number of hydrogen-bond donors (Lipinski definition) is 2. The maximum Gasteiger partial charge on any atom is 0.241 e. The molecule has 3 aromatic rings. The quantitative estimate of drug-likeness (QED) is 0.725. The van der Waals surface area contributed by atoms with Gasteiger partial charge in [0.05, 0.1) is 23.3 Å². The summed E-state index contributed by atoms with van der Waals surface area (Å²) in [6.07, 6.45) is 5.24. The van der Waals surface area contributed by atoms with Crippen molar-refractivity contribution < 1.29 is 4.79 Å². The Bertz CT molecular complexity index is 920. The monoisotopic (exact) mass is 323 g/mol. The first kappa shape index (κ1) is 14.4. The fourth-order valence-electron chi connectivity index (χ4n) is 2.99. The Hall–Kier alpha value is -3.16. The SMILES string of the molecule is CN1CCN(c2ccnc3[nH]cc(-c4ccnc(N)n4)c23)CC1=O. The van der Waals surface area contributed by atoms with Gasteiger partial charge in [-0.05, 0) is 12.1 Å². The lowest BCUT2D eigenvalue weighted by Gasteiger charge is -2.33. The van der Waals surface area contributed by atoms with Crippen LogP contribution in [0.4, 0.5) is 11.6 Å². The summed E-state index contributed by atoms with van der Waals surface area (Å²) in [5, 5.41) is 0.938. The molecule has 4 rings (SSSR count). The van der Waals surface area contributed by atoms with E-state index >= 15 is 0 Å². The number of nitrogens with one attached hydrogen (secondary N) is 1. The summed E-state index contributed by atoms with van der Waals surface area (Å²) in [5.41, 5.74) is 9.06. The summed E-state index contributed by atoms with van der Waals surface area (Å²) < 4.78 is 0. The molecule has 1 amide bonds. The molecule has 8 nitrogen and oxygen atoms in total. The fraction of sp³-hybridized carbons (Fsp3) is 0.250. The molecule has 0 spiro atoms. The summed E-state index contributed by atoms with van der Waals surface area (Å²) in [5.74, 6) is 0.330. The number of piperazine rings is 1. The van der Waals surface area contributed by atoms with Gasteiger partial charge >= 0.3 is 0 Å². The number of pyridine rings is 1. The number of nitrogens with two attached hydrogens (primary N) is 1. The van der Waals surface area contributed by atoms with Crippen molar-refractivity contribution in [1.82, 2.24) is 24.8 Å². The van der Waals surface area contributed by atoms with E-state index in [1.165, 1.54) is 0 Å². The summed E-state index contributed by atoms with van der Waals surface area (Å²) in [6.45, 7) is 1.83. The Balaban J connectivity index is 1.85. The average molecular weight is 323 g/mol. The van der Waals surface area contributed by atoms with Gasteiger partial charge in [-0.3, -0.25) is 4.79 Å². The molecule has 4 heterocycles. The molecule has 3 N–H and O–H groups in total. The fourth-order valence-corrected chi connectivity index (χ4v) is 2.99. The molecule has 1 aliphatic heterocycles. The predicted molar refractivity (Wildman–Crippen MR) is 91.4 cm³/mol. The van der Waals surface area contributed by atoms with Gasteiger partial charge in [0, 0.05) is 44.3 Å². The standard InChI is InChI=1S/C16H17N7O/c1-22-6-7-23(9-13(22)24)12-3-5-18-15-14(12)10(8-20-15)11-2-4-19-16(17)21-11/h2-5,8H,6-7,9H2,1H3,(H,18,20)(H2,17,19,21). The van der Waals surface area contributed by atoms with Gasteiger partial charge in [-0.15, -0.1) is 0 Å². The van der Waals surface area contributed by atoms with E-state index in [1.807, 2.05) is 25.4 Å². The second kappa shape index (κ2) is 5.48. The third-order valence-corrected chi connectivity index (χ3v) is 4.30. The molecular formula is C16H17N7O. The number of carbonyl (C=O) groups is 1. The van der Waals surface area contributed by atoms with Gasteiger partial charge in [-0.25, -0.2) is 15.0 Å². The van der Waals surface area contributed by atoms with Crippen molar-refractivity contribution in [3.63, 3.8) is 0 Å². The van der Waals surface area contributed by atoms with Crippen molar-refractivity contribution >= 4 is 28.6 Å². The lowest BCUT2D eigenvalue weighted by atomic mass is 10.1. The van der Waals surface area contributed by atoms with E-state index in [4.69, 9.17) is 5.73 Å². The minimum atomic E-state index is 0.106. The van der Waals surface area contributed by atoms with Crippen LogP contribution in [0.1, 0.15) is 0 Å². The van der Waals surface area contributed by atoms with Crippen LogP contribution in [0, 0.1) is 0 Å². The Kier molecular flexibility index (Phi) is 3.30. The largest absolute Gasteiger partial charge is 0.368 e. The van der Waals surface area contributed by atoms with Crippen LogP contribution in [-0.2, 0) is 4.79 Å². The van der Waals surface area contributed by atoms with Crippen LogP contribution in [0.3, 0.4) is 0 Å². The van der Waals surface area contributed by atoms with Gasteiger partial charge < -0.3 is 20.5 Å². The van der Waals surface area contributed by atoms with Gasteiger partial charge in [0.1, 0.15) is 5.65 Å². The smallest absolute Gasteiger partial charge is 0.241 e. The topological polar surface area (TPSA) is 104 Å². The molecular weight excluding hydrogens is 306 g/mol. The van der Waals surface area contributed by atoms with Crippen molar-refractivity contribution in [2.75, 3.05) is 37.3 Å². The van der Waals surface area contributed by atoms with Crippen LogP contribution in [0.5, 0.6) is 0 Å². The van der Waals surface area contributed by atoms with Crippen LogP contribution in [-0.4, -0.2) is 57.4 Å². The molecule has 0 aliphatic carbocycles. The van der Waals surface area contributed by atoms with E-state index in [0.29, 0.717) is 13.1 Å². The molecule has 0 bridgehead atoms. The molecule has 0 radical (unpaired) electrons. The number of aromatic amines is 1. The number of nitrogens with zero attached hydrogens (tertiary/aromatic N) is 5. The minimum absolute atomic E-state index is 0.106. The average Bonchev–Trinajstić information content (AvgIpc) is 3.01. The second-order valence-corrected chi connectivity index (χ2v) is 5.79.